The van der Waals surface area contributed by atoms with Gasteiger partial charge in [-0.25, -0.2) is 9.07 Å². The van der Waals surface area contributed by atoms with Crippen molar-refractivity contribution < 1.29 is 9.18 Å². The zero-order valence-electron chi connectivity index (χ0n) is 16.6. The Hall–Kier alpha value is -2.17. The molecule has 148 valence electrons. The zero-order valence-corrected chi connectivity index (χ0v) is 16.6. The summed E-state index contributed by atoms with van der Waals surface area (Å²) in [6.07, 6.45) is 7.00. The maximum absolute atomic E-state index is 13.2. The molecule has 0 saturated heterocycles. The van der Waals surface area contributed by atoms with Crippen LogP contribution in [-0.4, -0.2) is 21.7 Å². The molecule has 5 rings (SSSR count). The molecule has 3 aliphatic carbocycles. The van der Waals surface area contributed by atoms with E-state index in [-0.39, 0.29) is 11.7 Å². The third-order valence-electron chi connectivity index (χ3n) is 7.62. The van der Waals surface area contributed by atoms with Crippen molar-refractivity contribution in [3.05, 3.63) is 47.0 Å². The molecule has 3 aliphatic rings. The van der Waals surface area contributed by atoms with Crippen molar-refractivity contribution in [1.29, 1.82) is 0 Å². The smallest absolute Gasteiger partial charge is 0.224 e. The largest absolute Gasteiger partial charge is 0.353 e. The number of nitrogens with zero attached hydrogens (tertiary/aromatic N) is 2. The second-order valence-corrected chi connectivity index (χ2v) is 9.04. The van der Waals surface area contributed by atoms with Crippen LogP contribution in [0.25, 0.3) is 5.69 Å². The van der Waals surface area contributed by atoms with Crippen molar-refractivity contribution >= 4 is 5.91 Å². The minimum Gasteiger partial charge on any atom is -0.353 e. The highest BCUT2D eigenvalue weighted by Gasteiger charge is 2.53. The lowest BCUT2D eigenvalue weighted by Crippen LogP contribution is -2.43. The van der Waals surface area contributed by atoms with Crippen LogP contribution in [0.5, 0.6) is 0 Å². The molecule has 2 bridgehead atoms. The fourth-order valence-corrected chi connectivity index (χ4v) is 6.42. The molecule has 0 radical (unpaired) electrons. The van der Waals surface area contributed by atoms with Crippen LogP contribution in [0.2, 0.25) is 0 Å². The highest BCUT2D eigenvalue weighted by Crippen LogP contribution is 2.58. The zero-order chi connectivity index (χ0) is 19.4. The van der Waals surface area contributed by atoms with Crippen LogP contribution in [0.15, 0.2) is 24.3 Å². The third kappa shape index (κ3) is 2.87. The van der Waals surface area contributed by atoms with Crippen molar-refractivity contribution in [2.45, 2.75) is 58.4 Å². The highest BCUT2D eigenvalue weighted by atomic mass is 19.1. The molecule has 5 heteroatoms. The first-order valence-corrected chi connectivity index (χ1v) is 10.6. The normalized spacial score (nSPS) is 30.6. The number of hydrogen-bond acceptors (Lipinski definition) is 2. The quantitative estimate of drug-likeness (QED) is 0.866. The summed E-state index contributed by atoms with van der Waals surface area (Å²) in [7, 11) is 0. The number of amides is 1. The van der Waals surface area contributed by atoms with E-state index in [2.05, 4.69) is 10.4 Å². The second-order valence-electron chi connectivity index (χ2n) is 9.04. The van der Waals surface area contributed by atoms with Crippen molar-refractivity contribution in [1.82, 2.24) is 15.1 Å². The fourth-order valence-electron chi connectivity index (χ4n) is 6.42. The van der Waals surface area contributed by atoms with Crippen molar-refractivity contribution in [3.63, 3.8) is 0 Å². The predicted molar refractivity (Wildman–Crippen MR) is 106 cm³/mol. The number of fused-ring (bicyclic) bond motifs is 5. The van der Waals surface area contributed by atoms with E-state index in [1.807, 2.05) is 13.8 Å². The average molecular weight is 381 g/mol. The first kappa shape index (κ1) is 17.9. The summed E-state index contributed by atoms with van der Waals surface area (Å²) in [5.41, 5.74) is 3.60. The number of rotatable bonds is 4. The lowest BCUT2D eigenvalue weighted by molar-refractivity contribution is -0.121. The van der Waals surface area contributed by atoms with E-state index < -0.39 is 0 Å². The van der Waals surface area contributed by atoms with Gasteiger partial charge in [-0.2, -0.15) is 5.10 Å². The predicted octanol–water partition coefficient (Wildman–Crippen LogP) is 4.11. The molecule has 1 amide bonds. The Labute approximate surface area is 165 Å². The molecule has 0 aliphatic heterocycles. The summed E-state index contributed by atoms with van der Waals surface area (Å²) in [6, 6.07) is 6.66. The molecular formula is C23H28FN3O. The molecule has 1 aromatic carbocycles. The molecule has 5 atom stereocenters. The first-order chi connectivity index (χ1) is 13.5. The van der Waals surface area contributed by atoms with E-state index in [1.54, 1.807) is 16.8 Å². The van der Waals surface area contributed by atoms with Gasteiger partial charge in [-0.15, -0.1) is 0 Å². The first-order valence-electron chi connectivity index (χ1n) is 10.6. The Bertz CT molecular complexity index is 903. The van der Waals surface area contributed by atoms with Gasteiger partial charge in [-0.1, -0.05) is 6.42 Å². The van der Waals surface area contributed by atoms with Gasteiger partial charge in [0.15, 0.2) is 0 Å². The molecule has 3 saturated carbocycles. The van der Waals surface area contributed by atoms with Crippen LogP contribution < -0.4 is 5.32 Å². The number of halogens is 1. The fraction of sp³-hybridized carbons (Fsp3) is 0.565. The van der Waals surface area contributed by atoms with Crippen LogP contribution in [0, 0.1) is 43.3 Å². The molecule has 3 fully saturated rings. The van der Waals surface area contributed by atoms with Gasteiger partial charge in [0.1, 0.15) is 5.82 Å². The van der Waals surface area contributed by atoms with Gasteiger partial charge in [0.25, 0.3) is 0 Å². The standard InChI is InChI=1S/C23H28FN3O/c1-13-20(14(2)27(26-13)17-8-6-16(24)7-9-17)12-23(28)25-22-11-15-10-21(22)19-5-3-4-18(15)19/h6-9,15,18-19,21-22H,3-5,10-12H2,1-2H3,(H,25,28)/t15-,18+,19-,21+,22-/m0/s1. The van der Waals surface area contributed by atoms with Crippen molar-refractivity contribution in [3.8, 4) is 5.69 Å². The van der Waals surface area contributed by atoms with Crippen molar-refractivity contribution in [2.24, 2.45) is 23.7 Å². The van der Waals surface area contributed by atoms with Gasteiger partial charge < -0.3 is 5.32 Å². The van der Waals surface area contributed by atoms with E-state index >= 15 is 0 Å². The summed E-state index contributed by atoms with van der Waals surface area (Å²) in [6.45, 7) is 3.92. The van der Waals surface area contributed by atoms with Gasteiger partial charge in [-0.05, 0) is 87.5 Å². The number of carbonyl (C=O) groups excluding carboxylic acids is 1. The highest BCUT2D eigenvalue weighted by molar-refractivity contribution is 5.79. The average Bonchev–Trinajstić information content (AvgIpc) is 3.41. The Balaban J connectivity index is 1.29. The maximum atomic E-state index is 13.2. The Morgan fingerprint density at radius 2 is 1.89 bits per heavy atom. The second kappa shape index (κ2) is 6.71. The van der Waals surface area contributed by atoms with Crippen LogP contribution >= 0.6 is 0 Å². The molecule has 1 heterocycles. The van der Waals surface area contributed by atoms with Gasteiger partial charge >= 0.3 is 0 Å². The molecule has 1 N–H and O–H groups in total. The van der Waals surface area contributed by atoms with E-state index in [1.165, 1.54) is 44.2 Å². The SMILES string of the molecule is Cc1nn(-c2ccc(F)cc2)c(C)c1CC(=O)N[C@H]1C[C@@H]2C[C@@H]1[C@H]1CCC[C@H]21. The van der Waals surface area contributed by atoms with Crippen LogP contribution in [0.1, 0.15) is 49.1 Å². The van der Waals surface area contributed by atoms with E-state index in [4.69, 9.17) is 0 Å². The van der Waals surface area contributed by atoms with Gasteiger partial charge in [0.2, 0.25) is 5.91 Å². The molecule has 2 aromatic rings. The lowest BCUT2D eigenvalue weighted by atomic mass is 9.79. The van der Waals surface area contributed by atoms with Gasteiger partial charge in [-0.3, -0.25) is 4.79 Å². The van der Waals surface area contributed by atoms with E-state index in [0.29, 0.717) is 18.4 Å². The number of benzene rings is 1. The topological polar surface area (TPSA) is 46.9 Å². The summed E-state index contributed by atoms with van der Waals surface area (Å²) >= 11 is 0. The minimum absolute atomic E-state index is 0.108. The summed E-state index contributed by atoms with van der Waals surface area (Å²) in [5.74, 6) is 3.18. The monoisotopic (exact) mass is 381 g/mol. The Kier molecular flexibility index (Phi) is 4.29. The molecule has 28 heavy (non-hydrogen) atoms. The summed E-state index contributed by atoms with van der Waals surface area (Å²) in [4.78, 5) is 12.8. The van der Waals surface area contributed by atoms with Gasteiger partial charge in [0, 0.05) is 17.3 Å². The number of nitrogens with one attached hydrogen (secondary N) is 1. The Morgan fingerprint density at radius 3 is 2.68 bits per heavy atom. The lowest BCUT2D eigenvalue weighted by Gasteiger charge is -2.32. The van der Waals surface area contributed by atoms with Gasteiger partial charge in [0.05, 0.1) is 17.8 Å². The summed E-state index contributed by atoms with van der Waals surface area (Å²) < 4.78 is 15.0. The summed E-state index contributed by atoms with van der Waals surface area (Å²) in [5, 5.41) is 7.95. The number of hydrogen-bond donors (Lipinski definition) is 1. The minimum atomic E-state index is -0.264. The molecular weight excluding hydrogens is 353 g/mol. The van der Waals surface area contributed by atoms with Crippen LogP contribution in [0.4, 0.5) is 4.39 Å². The maximum Gasteiger partial charge on any atom is 0.224 e. The van der Waals surface area contributed by atoms with Crippen molar-refractivity contribution in [2.75, 3.05) is 0 Å². The molecule has 4 nitrogen and oxygen atoms in total. The van der Waals surface area contributed by atoms with Crippen LogP contribution in [-0.2, 0) is 11.2 Å². The Morgan fingerprint density at radius 1 is 1.14 bits per heavy atom. The molecule has 0 spiro atoms. The number of carbonyl (C=O) groups is 1. The number of aromatic nitrogens is 2. The van der Waals surface area contributed by atoms with E-state index in [0.717, 1.165) is 40.4 Å². The van der Waals surface area contributed by atoms with E-state index in [9.17, 15) is 9.18 Å². The van der Waals surface area contributed by atoms with Crippen LogP contribution in [0.3, 0.4) is 0 Å². The molecule has 0 unspecified atom stereocenters. The third-order valence-corrected chi connectivity index (χ3v) is 7.62. The number of aryl methyl sites for hydroxylation is 1. The molecule has 1 aromatic heterocycles.